The Kier molecular flexibility index (Phi) is 34.1. The second-order valence-electron chi connectivity index (χ2n) is 16.2. The highest BCUT2D eigenvalue weighted by molar-refractivity contribution is 7.47. The van der Waals surface area contributed by atoms with Crippen LogP contribution in [0.2, 0.25) is 0 Å². The fourth-order valence-corrected chi connectivity index (χ4v) is 7.09. The van der Waals surface area contributed by atoms with Crippen LogP contribution in [0.5, 0.6) is 0 Å². The zero-order chi connectivity index (χ0) is 38.8. The monoisotopic (exact) mass is 763 g/mol. The topological polar surface area (TPSA) is 119 Å². The summed E-state index contributed by atoms with van der Waals surface area (Å²) in [6.07, 6.45) is 31.1. The molecule has 0 saturated heterocycles. The number of aliphatic hydroxyl groups is 1. The van der Waals surface area contributed by atoms with E-state index in [0.29, 0.717) is 23.9 Å². The highest BCUT2D eigenvalue weighted by Gasteiger charge is 2.33. The number of nitrogens with zero attached hydrogens (tertiary/aromatic N) is 1. The lowest BCUT2D eigenvalue weighted by Gasteiger charge is -2.25. The van der Waals surface area contributed by atoms with Gasteiger partial charge in [0.25, 0.3) is 0 Å². The van der Waals surface area contributed by atoms with Crippen molar-refractivity contribution in [3.63, 3.8) is 0 Å². The molecule has 0 radical (unpaired) electrons. The van der Waals surface area contributed by atoms with Crippen molar-refractivity contribution in [2.24, 2.45) is 0 Å². The third-order valence-electron chi connectivity index (χ3n) is 9.89. The van der Waals surface area contributed by atoms with Crippen LogP contribution in [0.3, 0.4) is 0 Å². The third kappa shape index (κ3) is 34.9. The largest absolute Gasteiger partial charge is 0.472 e. The summed E-state index contributed by atoms with van der Waals surface area (Å²) in [4.78, 5) is 35.9. The number of Topliss-reactive ketones (excluding diaryl/α,β-unsaturated/α-hetero) is 1. The number of unbranched alkanes of at least 4 members (excludes halogenated alkanes) is 26. The number of esters is 1. The van der Waals surface area contributed by atoms with Crippen molar-refractivity contribution < 1.29 is 42.4 Å². The van der Waals surface area contributed by atoms with Crippen LogP contribution in [0.4, 0.5) is 0 Å². The third-order valence-corrected chi connectivity index (χ3v) is 10.9. The quantitative estimate of drug-likeness (QED) is 0.0274. The summed E-state index contributed by atoms with van der Waals surface area (Å²) >= 11 is 0. The summed E-state index contributed by atoms with van der Waals surface area (Å²) in [5.41, 5.74) is 0. The van der Waals surface area contributed by atoms with Gasteiger partial charge < -0.3 is 19.2 Å². The molecule has 0 aromatic carbocycles. The molecule has 0 aliphatic carbocycles. The van der Waals surface area contributed by atoms with Gasteiger partial charge in [-0.25, -0.2) is 4.57 Å². The maximum absolute atomic E-state index is 12.9. The fraction of sp³-hybridized carbons (Fsp3) is 0.952. The van der Waals surface area contributed by atoms with Gasteiger partial charge in [-0.2, -0.15) is 0 Å². The number of likely N-dealkylation sites (N-methyl/N-ethyl adjacent to an activating group) is 1. The molecule has 0 saturated carbocycles. The molecule has 2 unspecified atom stereocenters. The molecule has 0 heterocycles. The number of phosphoric acid groups is 1. The lowest BCUT2D eigenvalue weighted by Crippen LogP contribution is -2.40. The minimum absolute atomic E-state index is 0.0124. The maximum Gasteiger partial charge on any atom is 0.472 e. The molecule has 0 fully saturated rings. The molecule has 52 heavy (non-hydrogen) atoms. The van der Waals surface area contributed by atoms with Crippen LogP contribution in [0.1, 0.15) is 206 Å². The van der Waals surface area contributed by atoms with Gasteiger partial charge in [0.1, 0.15) is 13.2 Å². The van der Waals surface area contributed by atoms with E-state index in [9.17, 15) is 24.2 Å². The second kappa shape index (κ2) is 34.6. The number of phosphoric ester groups is 1. The van der Waals surface area contributed by atoms with Crippen molar-refractivity contribution in [2.75, 3.05) is 40.9 Å². The first kappa shape index (κ1) is 51.2. The molecule has 10 heteroatoms. The van der Waals surface area contributed by atoms with Gasteiger partial charge in [-0.15, -0.1) is 0 Å². The van der Waals surface area contributed by atoms with Crippen molar-refractivity contribution in [3.05, 3.63) is 0 Å². The van der Waals surface area contributed by atoms with Gasteiger partial charge in [0.2, 0.25) is 0 Å². The van der Waals surface area contributed by atoms with Crippen molar-refractivity contribution >= 4 is 19.6 Å². The Balaban J connectivity index is 4.50. The summed E-state index contributed by atoms with van der Waals surface area (Å²) < 4.78 is 28.8. The molecule has 0 bridgehead atoms. The molecule has 0 aliphatic heterocycles. The van der Waals surface area contributed by atoms with Crippen LogP contribution in [0, 0.1) is 0 Å². The lowest BCUT2D eigenvalue weighted by atomic mass is 10.0. The van der Waals surface area contributed by atoms with Crippen molar-refractivity contribution in [1.29, 1.82) is 0 Å². The number of ketones is 1. The van der Waals surface area contributed by atoms with Crippen LogP contribution < -0.4 is 0 Å². The van der Waals surface area contributed by atoms with Gasteiger partial charge in [0.05, 0.1) is 27.7 Å². The highest BCUT2D eigenvalue weighted by Crippen LogP contribution is 2.43. The number of carbonyl (C=O) groups excluding carboxylic acids is 2. The van der Waals surface area contributed by atoms with E-state index in [-0.39, 0.29) is 19.4 Å². The predicted octanol–water partition coefficient (Wildman–Crippen LogP) is 11.4. The van der Waals surface area contributed by atoms with Gasteiger partial charge in [-0.05, 0) is 12.8 Å². The summed E-state index contributed by atoms with van der Waals surface area (Å²) in [6, 6.07) is 0. The first-order valence-corrected chi connectivity index (χ1v) is 23.2. The van der Waals surface area contributed by atoms with Crippen LogP contribution in [0.25, 0.3) is 0 Å². The number of ether oxygens (including phenoxy) is 1. The molecule has 0 aliphatic rings. The van der Waals surface area contributed by atoms with Crippen molar-refractivity contribution in [3.8, 4) is 0 Å². The number of rotatable bonds is 40. The summed E-state index contributed by atoms with van der Waals surface area (Å²) in [7, 11) is 1.32. The van der Waals surface area contributed by atoms with Crippen LogP contribution in [-0.2, 0) is 27.9 Å². The molecular weight excluding hydrogens is 677 g/mol. The Morgan fingerprint density at radius 1 is 0.558 bits per heavy atom. The van der Waals surface area contributed by atoms with Gasteiger partial charge >= 0.3 is 13.8 Å². The minimum Gasteiger partial charge on any atom is -0.457 e. The molecule has 3 atom stereocenters. The highest BCUT2D eigenvalue weighted by atomic mass is 31.2. The smallest absolute Gasteiger partial charge is 0.457 e. The lowest BCUT2D eigenvalue weighted by molar-refractivity contribution is -0.870. The van der Waals surface area contributed by atoms with Crippen LogP contribution >= 0.6 is 7.82 Å². The van der Waals surface area contributed by atoms with E-state index < -0.39 is 38.4 Å². The fourth-order valence-electron chi connectivity index (χ4n) is 6.37. The average molecular weight is 763 g/mol. The van der Waals surface area contributed by atoms with E-state index in [4.69, 9.17) is 13.8 Å². The molecule has 0 aromatic rings. The molecule has 310 valence electrons. The minimum atomic E-state index is -4.47. The molecule has 0 spiro atoms. The van der Waals surface area contributed by atoms with Crippen LogP contribution in [0.15, 0.2) is 0 Å². The molecule has 2 N–H and O–H groups in total. The predicted molar refractivity (Wildman–Crippen MR) is 215 cm³/mol. The molecule has 0 rings (SSSR count). The summed E-state index contributed by atoms with van der Waals surface area (Å²) in [6.45, 7) is 4.36. The Morgan fingerprint density at radius 3 is 1.27 bits per heavy atom. The number of hydrogen-bond acceptors (Lipinski definition) is 7. The average Bonchev–Trinajstić information content (AvgIpc) is 3.09. The van der Waals surface area contributed by atoms with E-state index in [1.807, 2.05) is 21.1 Å². The van der Waals surface area contributed by atoms with E-state index in [2.05, 4.69) is 13.8 Å². The van der Waals surface area contributed by atoms with Gasteiger partial charge in [-0.1, -0.05) is 181 Å². The standard InChI is InChI=1S/C42H84NO8P/c1-6-8-10-12-14-16-18-20-21-23-24-26-28-30-32-34-39(44)42(46)40(38-50-52(47,48)49-37-36-43(3,4)5)51-41(45)35-33-31-29-27-25-22-19-17-15-13-11-9-7-2/h40,42,46H,6-38H2,1-5H3/p+1/t40-,42?/m0/s1. The molecule has 0 amide bonds. The van der Waals surface area contributed by atoms with E-state index in [1.54, 1.807) is 0 Å². The van der Waals surface area contributed by atoms with Crippen LogP contribution in [-0.4, -0.2) is 79.3 Å². The van der Waals surface area contributed by atoms with Gasteiger partial charge in [0.15, 0.2) is 18.0 Å². The Labute approximate surface area is 320 Å². The maximum atomic E-state index is 12.9. The zero-order valence-corrected chi connectivity index (χ0v) is 35.6. The van der Waals surface area contributed by atoms with Gasteiger partial charge in [-0.3, -0.25) is 18.6 Å². The number of aliphatic hydroxyl groups excluding tert-OH is 1. The summed E-state index contributed by atoms with van der Waals surface area (Å²) in [5, 5.41) is 10.9. The normalized spacial score (nSPS) is 14.3. The number of quaternary nitrogens is 1. The second-order valence-corrected chi connectivity index (χ2v) is 17.7. The van der Waals surface area contributed by atoms with E-state index in [1.165, 1.54) is 128 Å². The SMILES string of the molecule is CCCCCCCCCCCCCCCCCC(=O)C(O)[C@H](COP(=O)(O)OCC[N+](C)(C)C)OC(=O)CCCCCCCCCCCCCCC. The first-order chi connectivity index (χ1) is 24.9. The zero-order valence-electron chi connectivity index (χ0n) is 34.7. The number of hydrogen-bond donors (Lipinski definition) is 2. The van der Waals surface area contributed by atoms with Gasteiger partial charge in [0, 0.05) is 12.8 Å². The Hall–Kier alpha value is -0.830. The number of carbonyl (C=O) groups is 2. The first-order valence-electron chi connectivity index (χ1n) is 21.7. The molecule has 9 nitrogen and oxygen atoms in total. The Morgan fingerprint density at radius 2 is 0.904 bits per heavy atom. The van der Waals surface area contributed by atoms with E-state index in [0.717, 1.165) is 38.5 Å². The summed E-state index contributed by atoms with van der Waals surface area (Å²) in [5.74, 6) is -0.995. The van der Waals surface area contributed by atoms with E-state index >= 15 is 0 Å². The Bertz CT molecular complexity index is 881. The van der Waals surface area contributed by atoms with Crippen molar-refractivity contribution in [1.82, 2.24) is 0 Å². The van der Waals surface area contributed by atoms with Crippen molar-refractivity contribution in [2.45, 2.75) is 219 Å². The molecule has 0 aromatic heterocycles. The molecular formula is C42H85NO8P+.